The first-order valence-electron chi connectivity index (χ1n) is 5.38. The number of hydrogen-bond acceptors (Lipinski definition) is 6. The van der Waals surface area contributed by atoms with E-state index in [0.29, 0.717) is 38.1 Å². The average Bonchev–Trinajstić information content (AvgIpc) is 2.64. The Hall–Kier alpha value is -1.14. The third kappa shape index (κ3) is 5.09. The van der Waals surface area contributed by atoms with Crippen LogP contribution < -0.4 is 5.32 Å². The molecule has 0 aliphatic heterocycles. The highest BCUT2D eigenvalue weighted by Crippen LogP contribution is 2.05. The van der Waals surface area contributed by atoms with Crippen molar-refractivity contribution in [3.63, 3.8) is 0 Å². The summed E-state index contributed by atoms with van der Waals surface area (Å²) in [6.45, 7) is 5.79. The molecule has 1 heterocycles. The summed E-state index contributed by atoms with van der Waals surface area (Å²) in [5.41, 5.74) is 0. The van der Waals surface area contributed by atoms with Crippen molar-refractivity contribution in [1.82, 2.24) is 10.1 Å². The molecule has 6 nitrogen and oxygen atoms in total. The molecule has 0 fully saturated rings. The second-order valence-corrected chi connectivity index (χ2v) is 3.67. The lowest BCUT2D eigenvalue weighted by Gasteiger charge is -2.02. The second kappa shape index (κ2) is 7.19. The van der Waals surface area contributed by atoms with Gasteiger partial charge in [-0.2, -0.15) is 4.98 Å². The summed E-state index contributed by atoms with van der Waals surface area (Å²) < 4.78 is 15.2. The third-order valence-electron chi connectivity index (χ3n) is 1.78. The monoisotopic (exact) mass is 229 g/mol. The van der Waals surface area contributed by atoms with E-state index in [9.17, 15) is 0 Å². The standard InChI is InChI=1S/C10H19N3O3/c1-8(2)11-10-12-9(13-16-10)4-5-15-7-6-14-3/h8H,4-7H2,1-3H3,(H,11,12,13). The topological polar surface area (TPSA) is 69.4 Å². The maximum absolute atomic E-state index is 5.30. The summed E-state index contributed by atoms with van der Waals surface area (Å²) >= 11 is 0. The predicted octanol–water partition coefficient (Wildman–Crippen LogP) is 1.10. The van der Waals surface area contributed by atoms with Crippen LogP contribution in [0.15, 0.2) is 4.52 Å². The van der Waals surface area contributed by atoms with E-state index in [0.717, 1.165) is 0 Å². The molecule has 0 amide bonds. The van der Waals surface area contributed by atoms with Gasteiger partial charge in [-0.3, -0.25) is 0 Å². The summed E-state index contributed by atoms with van der Waals surface area (Å²) in [5.74, 6) is 0.653. The lowest BCUT2D eigenvalue weighted by atomic mass is 10.4. The Kier molecular flexibility index (Phi) is 5.81. The van der Waals surface area contributed by atoms with Crippen molar-refractivity contribution < 1.29 is 14.0 Å². The number of rotatable bonds is 8. The number of aromatic nitrogens is 2. The minimum absolute atomic E-state index is 0.284. The molecule has 0 atom stereocenters. The lowest BCUT2D eigenvalue weighted by molar-refractivity contribution is 0.0714. The molecule has 0 aliphatic carbocycles. The van der Waals surface area contributed by atoms with Crippen molar-refractivity contribution in [3.05, 3.63) is 5.82 Å². The highest BCUT2D eigenvalue weighted by Gasteiger charge is 2.06. The molecule has 0 unspecified atom stereocenters. The van der Waals surface area contributed by atoms with Gasteiger partial charge in [0, 0.05) is 19.6 Å². The molecule has 0 aliphatic rings. The fourth-order valence-corrected chi connectivity index (χ4v) is 1.07. The first-order valence-corrected chi connectivity index (χ1v) is 5.38. The Labute approximate surface area is 95.3 Å². The van der Waals surface area contributed by atoms with Crippen LogP contribution in [0.25, 0.3) is 0 Å². The van der Waals surface area contributed by atoms with Gasteiger partial charge in [0.05, 0.1) is 19.8 Å². The molecule has 1 aromatic heterocycles. The average molecular weight is 229 g/mol. The smallest absolute Gasteiger partial charge is 0.321 e. The molecule has 1 aromatic rings. The third-order valence-corrected chi connectivity index (χ3v) is 1.78. The van der Waals surface area contributed by atoms with Crippen LogP contribution in [0.3, 0.4) is 0 Å². The Balaban J connectivity index is 2.19. The van der Waals surface area contributed by atoms with Crippen LogP contribution in [0.2, 0.25) is 0 Å². The van der Waals surface area contributed by atoms with E-state index in [-0.39, 0.29) is 6.04 Å². The van der Waals surface area contributed by atoms with Crippen LogP contribution in [0, 0.1) is 0 Å². The molecule has 0 saturated carbocycles. The highest BCUT2D eigenvalue weighted by atomic mass is 16.5. The van der Waals surface area contributed by atoms with Crippen molar-refractivity contribution in [1.29, 1.82) is 0 Å². The largest absolute Gasteiger partial charge is 0.382 e. The van der Waals surface area contributed by atoms with Crippen LogP contribution in [-0.4, -0.2) is 43.1 Å². The quantitative estimate of drug-likeness (QED) is 0.673. The van der Waals surface area contributed by atoms with Gasteiger partial charge in [-0.1, -0.05) is 5.16 Å². The molecule has 0 spiro atoms. The van der Waals surface area contributed by atoms with Crippen LogP contribution in [0.5, 0.6) is 0 Å². The van der Waals surface area contributed by atoms with E-state index < -0.39 is 0 Å². The number of anilines is 1. The molecule has 1 N–H and O–H groups in total. The van der Waals surface area contributed by atoms with Crippen LogP contribution in [0.1, 0.15) is 19.7 Å². The summed E-state index contributed by atoms with van der Waals surface area (Å²) in [4.78, 5) is 4.17. The summed E-state index contributed by atoms with van der Waals surface area (Å²) in [7, 11) is 1.65. The molecule has 92 valence electrons. The van der Waals surface area contributed by atoms with E-state index in [1.54, 1.807) is 7.11 Å². The minimum atomic E-state index is 0.284. The number of ether oxygens (including phenoxy) is 2. The van der Waals surface area contributed by atoms with Crippen molar-refractivity contribution in [2.45, 2.75) is 26.3 Å². The van der Waals surface area contributed by atoms with Gasteiger partial charge in [0.1, 0.15) is 0 Å². The number of nitrogens with one attached hydrogen (secondary N) is 1. The van der Waals surface area contributed by atoms with E-state index in [4.69, 9.17) is 14.0 Å². The Morgan fingerprint density at radius 3 is 2.81 bits per heavy atom. The fourth-order valence-electron chi connectivity index (χ4n) is 1.07. The van der Waals surface area contributed by atoms with Gasteiger partial charge in [0.2, 0.25) is 0 Å². The SMILES string of the molecule is COCCOCCc1noc(NC(C)C)n1. The molecule has 16 heavy (non-hydrogen) atoms. The van der Waals surface area contributed by atoms with Crippen molar-refractivity contribution >= 4 is 6.01 Å². The van der Waals surface area contributed by atoms with E-state index in [2.05, 4.69) is 15.5 Å². The van der Waals surface area contributed by atoms with Crippen LogP contribution in [-0.2, 0) is 15.9 Å². The van der Waals surface area contributed by atoms with Crippen molar-refractivity contribution in [2.75, 3.05) is 32.2 Å². The summed E-state index contributed by atoms with van der Waals surface area (Å²) in [6.07, 6.45) is 0.646. The summed E-state index contributed by atoms with van der Waals surface area (Å²) in [5, 5.41) is 6.86. The fraction of sp³-hybridized carbons (Fsp3) is 0.800. The van der Waals surface area contributed by atoms with E-state index in [1.165, 1.54) is 0 Å². The lowest BCUT2D eigenvalue weighted by Crippen LogP contribution is -2.10. The Bertz CT molecular complexity index is 289. The zero-order chi connectivity index (χ0) is 11.8. The molecule has 1 rings (SSSR count). The second-order valence-electron chi connectivity index (χ2n) is 3.67. The Morgan fingerprint density at radius 2 is 2.12 bits per heavy atom. The highest BCUT2D eigenvalue weighted by molar-refractivity contribution is 5.19. The first kappa shape index (κ1) is 12.9. The molecule has 6 heteroatoms. The van der Waals surface area contributed by atoms with E-state index in [1.807, 2.05) is 13.8 Å². The van der Waals surface area contributed by atoms with Gasteiger partial charge in [-0.15, -0.1) is 0 Å². The predicted molar refractivity (Wildman–Crippen MR) is 59.5 cm³/mol. The Morgan fingerprint density at radius 1 is 1.31 bits per heavy atom. The zero-order valence-corrected chi connectivity index (χ0v) is 10.0. The minimum Gasteiger partial charge on any atom is -0.382 e. The number of nitrogens with zero attached hydrogens (tertiary/aromatic N) is 2. The normalized spacial score (nSPS) is 11.0. The van der Waals surface area contributed by atoms with Crippen LogP contribution >= 0.6 is 0 Å². The van der Waals surface area contributed by atoms with Gasteiger partial charge in [-0.25, -0.2) is 0 Å². The maximum atomic E-state index is 5.30. The van der Waals surface area contributed by atoms with Gasteiger partial charge >= 0.3 is 6.01 Å². The first-order chi connectivity index (χ1) is 7.72. The molecule has 0 bridgehead atoms. The maximum Gasteiger partial charge on any atom is 0.321 e. The molecule has 0 saturated heterocycles. The number of methoxy groups -OCH3 is 1. The summed E-state index contributed by atoms with van der Waals surface area (Å²) in [6, 6.07) is 0.744. The molecular formula is C10H19N3O3. The molecule has 0 radical (unpaired) electrons. The molecule has 0 aromatic carbocycles. The number of hydrogen-bond donors (Lipinski definition) is 1. The van der Waals surface area contributed by atoms with Gasteiger partial charge in [-0.05, 0) is 13.8 Å². The zero-order valence-electron chi connectivity index (χ0n) is 10.0. The van der Waals surface area contributed by atoms with Crippen LogP contribution in [0.4, 0.5) is 6.01 Å². The van der Waals surface area contributed by atoms with E-state index >= 15 is 0 Å². The van der Waals surface area contributed by atoms with Gasteiger partial charge in [0.15, 0.2) is 5.82 Å². The van der Waals surface area contributed by atoms with Gasteiger partial charge in [0.25, 0.3) is 0 Å². The molecular weight excluding hydrogens is 210 g/mol. The van der Waals surface area contributed by atoms with Crippen molar-refractivity contribution in [3.8, 4) is 0 Å². The van der Waals surface area contributed by atoms with Crippen molar-refractivity contribution in [2.24, 2.45) is 0 Å². The van der Waals surface area contributed by atoms with Gasteiger partial charge < -0.3 is 19.3 Å².